The summed E-state index contributed by atoms with van der Waals surface area (Å²) >= 11 is 3.07. The minimum atomic E-state index is -4.36. The van der Waals surface area contributed by atoms with Crippen LogP contribution in [0, 0.1) is 6.92 Å². The molecule has 1 aromatic heterocycles. The van der Waals surface area contributed by atoms with Crippen molar-refractivity contribution in [3.63, 3.8) is 0 Å². The average molecular weight is 305 g/mol. The van der Waals surface area contributed by atoms with Crippen molar-refractivity contribution < 1.29 is 13.2 Å². The van der Waals surface area contributed by atoms with Crippen molar-refractivity contribution in [1.29, 1.82) is 0 Å². The van der Waals surface area contributed by atoms with E-state index in [4.69, 9.17) is 0 Å². The van der Waals surface area contributed by atoms with Gasteiger partial charge in [-0.2, -0.15) is 18.3 Å². The fourth-order valence-electron chi connectivity index (χ4n) is 1.42. The maximum absolute atomic E-state index is 12.6. The summed E-state index contributed by atoms with van der Waals surface area (Å²) in [5.41, 5.74) is 0.563. The lowest BCUT2D eigenvalue weighted by Crippen LogP contribution is -2.06. The monoisotopic (exact) mass is 304 g/mol. The SMILES string of the molecule is Cc1cnn(-c2cc(Br)cc(C(F)(F)F)c2)c1. The van der Waals surface area contributed by atoms with Gasteiger partial charge in [-0.1, -0.05) is 15.9 Å². The predicted molar refractivity (Wildman–Crippen MR) is 61.0 cm³/mol. The van der Waals surface area contributed by atoms with E-state index in [2.05, 4.69) is 21.0 Å². The Bertz CT molecular complexity index is 546. The molecule has 1 heterocycles. The van der Waals surface area contributed by atoms with Crippen LogP contribution in [0.4, 0.5) is 13.2 Å². The predicted octanol–water partition coefficient (Wildman–Crippen LogP) is 3.96. The maximum Gasteiger partial charge on any atom is 0.416 e. The van der Waals surface area contributed by atoms with Crippen molar-refractivity contribution in [2.24, 2.45) is 0 Å². The highest BCUT2D eigenvalue weighted by atomic mass is 79.9. The van der Waals surface area contributed by atoms with E-state index in [1.807, 2.05) is 6.92 Å². The summed E-state index contributed by atoms with van der Waals surface area (Å²) in [6.07, 6.45) is -1.10. The summed E-state index contributed by atoms with van der Waals surface area (Å²) in [4.78, 5) is 0. The van der Waals surface area contributed by atoms with Crippen molar-refractivity contribution in [1.82, 2.24) is 9.78 Å². The summed E-state index contributed by atoms with van der Waals surface area (Å²) in [5.74, 6) is 0. The van der Waals surface area contributed by atoms with Gasteiger partial charge >= 0.3 is 6.18 Å². The van der Waals surface area contributed by atoms with Crippen LogP contribution in [0.15, 0.2) is 35.1 Å². The molecule has 0 amide bonds. The van der Waals surface area contributed by atoms with E-state index in [-0.39, 0.29) is 0 Å². The lowest BCUT2D eigenvalue weighted by atomic mass is 10.2. The second-order valence-electron chi connectivity index (χ2n) is 3.66. The molecule has 2 rings (SSSR count). The molecular formula is C11H8BrF3N2. The van der Waals surface area contributed by atoms with Gasteiger partial charge < -0.3 is 0 Å². The smallest absolute Gasteiger partial charge is 0.241 e. The van der Waals surface area contributed by atoms with Crippen molar-refractivity contribution in [2.45, 2.75) is 13.1 Å². The Morgan fingerprint density at radius 2 is 1.94 bits per heavy atom. The lowest BCUT2D eigenvalue weighted by molar-refractivity contribution is -0.137. The van der Waals surface area contributed by atoms with E-state index in [0.717, 1.165) is 17.7 Å². The zero-order chi connectivity index (χ0) is 12.6. The van der Waals surface area contributed by atoms with Crippen molar-refractivity contribution in [2.75, 3.05) is 0 Å². The molecule has 0 unspecified atom stereocenters. The van der Waals surface area contributed by atoms with Gasteiger partial charge in [-0.05, 0) is 30.7 Å². The number of alkyl halides is 3. The van der Waals surface area contributed by atoms with Crippen LogP contribution >= 0.6 is 15.9 Å². The van der Waals surface area contributed by atoms with E-state index in [0.29, 0.717) is 10.2 Å². The molecule has 0 spiro atoms. The van der Waals surface area contributed by atoms with Gasteiger partial charge in [0.05, 0.1) is 17.4 Å². The van der Waals surface area contributed by atoms with Gasteiger partial charge in [-0.25, -0.2) is 4.68 Å². The largest absolute Gasteiger partial charge is 0.416 e. The first-order valence-corrected chi connectivity index (χ1v) is 5.55. The maximum atomic E-state index is 12.6. The van der Waals surface area contributed by atoms with Crippen LogP contribution in [0.3, 0.4) is 0 Å². The number of benzene rings is 1. The molecule has 2 aromatic rings. The Morgan fingerprint density at radius 1 is 1.24 bits per heavy atom. The Hall–Kier alpha value is -1.30. The van der Waals surface area contributed by atoms with Crippen LogP contribution in [-0.4, -0.2) is 9.78 Å². The average Bonchev–Trinajstić information content (AvgIpc) is 2.62. The third-order valence-electron chi connectivity index (χ3n) is 2.19. The zero-order valence-electron chi connectivity index (χ0n) is 8.79. The van der Waals surface area contributed by atoms with Crippen LogP contribution in [0.1, 0.15) is 11.1 Å². The summed E-state index contributed by atoms with van der Waals surface area (Å²) in [7, 11) is 0. The Kier molecular flexibility index (Phi) is 2.99. The molecule has 0 aliphatic rings. The molecule has 0 fully saturated rings. The Balaban J connectivity index is 2.52. The Morgan fingerprint density at radius 3 is 2.47 bits per heavy atom. The van der Waals surface area contributed by atoms with Gasteiger partial charge in [-0.3, -0.25) is 0 Å². The third kappa shape index (κ3) is 2.69. The summed E-state index contributed by atoms with van der Waals surface area (Å²) in [6, 6.07) is 3.69. The van der Waals surface area contributed by atoms with Gasteiger partial charge in [-0.15, -0.1) is 0 Å². The zero-order valence-corrected chi connectivity index (χ0v) is 10.4. The van der Waals surface area contributed by atoms with Gasteiger partial charge in [0.1, 0.15) is 0 Å². The first-order chi connectivity index (χ1) is 7.86. The summed E-state index contributed by atoms with van der Waals surface area (Å²) < 4.78 is 39.6. The number of halogens is 4. The highest BCUT2D eigenvalue weighted by molar-refractivity contribution is 9.10. The second-order valence-corrected chi connectivity index (χ2v) is 4.57. The van der Waals surface area contributed by atoms with E-state index >= 15 is 0 Å². The quantitative estimate of drug-likeness (QED) is 0.780. The number of rotatable bonds is 1. The van der Waals surface area contributed by atoms with Crippen LogP contribution < -0.4 is 0 Å². The molecule has 0 radical (unpaired) electrons. The molecule has 2 nitrogen and oxygen atoms in total. The number of nitrogens with zero attached hydrogens (tertiary/aromatic N) is 2. The summed E-state index contributed by atoms with van der Waals surface area (Å²) in [5, 5.41) is 3.98. The molecule has 0 atom stereocenters. The number of aryl methyl sites for hydroxylation is 1. The second kappa shape index (κ2) is 4.18. The van der Waals surface area contributed by atoms with Crippen LogP contribution in [0.5, 0.6) is 0 Å². The van der Waals surface area contributed by atoms with Crippen LogP contribution in [-0.2, 0) is 6.18 Å². The van der Waals surface area contributed by atoms with Crippen molar-refractivity contribution >= 4 is 15.9 Å². The van der Waals surface area contributed by atoms with Crippen LogP contribution in [0.25, 0.3) is 5.69 Å². The topological polar surface area (TPSA) is 17.8 Å². The highest BCUT2D eigenvalue weighted by Gasteiger charge is 2.31. The van der Waals surface area contributed by atoms with Crippen molar-refractivity contribution in [3.05, 3.63) is 46.2 Å². The van der Waals surface area contributed by atoms with Crippen molar-refractivity contribution in [3.8, 4) is 5.69 Å². The highest BCUT2D eigenvalue weighted by Crippen LogP contribution is 2.32. The molecule has 17 heavy (non-hydrogen) atoms. The van der Waals surface area contributed by atoms with Gasteiger partial charge in [0.25, 0.3) is 0 Å². The number of hydrogen-bond acceptors (Lipinski definition) is 1. The number of aromatic nitrogens is 2. The minimum Gasteiger partial charge on any atom is -0.241 e. The molecule has 0 N–H and O–H groups in total. The normalized spacial score (nSPS) is 11.8. The molecule has 0 saturated heterocycles. The molecule has 6 heteroatoms. The molecular weight excluding hydrogens is 297 g/mol. The summed E-state index contributed by atoms with van der Waals surface area (Å²) in [6.45, 7) is 1.83. The van der Waals surface area contributed by atoms with Gasteiger partial charge in [0, 0.05) is 10.7 Å². The van der Waals surface area contributed by atoms with E-state index in [1.165, 1.54) is 4.68 Å². The first-order valence-electron chi connectivity index (χ1n) is 4.76. The molecule has 0 aliphatic heterocycles. The van der Waals surface area contributed by atoms with E-state index in [9.17, 15) is 13.2 Å². The Labute approximate surface area is 104 Å². The molecule has 0 aliphatic carbocycles. The third-order valence-corrected chi connectivity index (χ3v) is 2.64. The van der Waals surface area contributed by atoms with Gasteiger partial charge in [0.15, 0.2) is 0 Å². The molecule has 90 valence electrons. The molecule has 1 aromatic carbocycles. The fourth-order valence-corrected chi connectivity index (χ4v) is 1.91. The first kappa shape index (κ1) is 12.2. The fraction of sp³-hybridized carbons (Fsp3) is 0.182. The standard InChI is InChI=1S/C11H8BrF3N2/c1-7-5-16-17(6-7)10-3-8(11(13,14)15)2-9(12)4-10/h2-6H,1H3. The van der Waals surface area contributed by atoms with Crippen LogP contribution in [0.2, 0.25) is 0 Å². The number of hydrogen-bond donors (Lipinski definition) is 0. The molecule has 0 bridgehead atoms. The van der Waals surface area contributed by atoms with Gasteiger partial charge in [0.2, 0.25) is 0 Å². The lowest BCUT2D eigenvalue weighted by Gasteiger charge is -2.10. The minimum absolute atomic E-state index is 0.371. The van der Waals surface area contributed by atoms with E-state index in [1.54, 1.807) is 18.5 Å². The molecule has 0 saturated carbocycles. The van der Waals surface area contributed by atoms with E-state index < -0.39 is 11.7 Å².